The molecule has 1 aliphatic rings. The number of hydrogen-bond acceptors (Lipinski definition) is 2. The molecule has 1 saturated heterocycles. The van der Waals surface area contributed by atoms with Gasteiger partial charge in [-0.05, 0) is 49.4 Å². The summed E-state index contributed by atoms with van der Waals surface area (Å²) in [6.07, 6.45) is 6.25. The van der Waals surface area contributed by atoms with Crippen LogP contribution in [0.5, 0.6) is 0 Å². The molecule has 0 unspecified atom stereocenters. The van der Waals surface area contributed by atoms with Crippen LogP contribution in [0.1, 0.15) is 32.3 Å². The number of halogens is 1. The van der Waals surface area contributed by atoms with Crippen molar-refractivity contribution in [2.75, 3.05) is 19.6 Å². The summed E-state index contributed by atoms with van der Waals surface area (Å²) in [6, 6.07) is 10.4. The van der Waals surface area contributed by atoms with Crippen LogP contribution < -0.4 is 5.32 Å². The Morgan fingerprint density at radius 1 is 1.24 bits per heavy atom. The number of aliphatic imine (C=N–C) groups is 1. The molecule has 0 spiro atoms. The molecule has 0 aliphatic carbocycles. The fourth-order valence-electron chi connectivity index (χ4n) is 2.99. The molecular weight excluding hydrogens is 425 g/mol. The summed E-state index contributed by atoms with van der Waals surface area (Å²) in [7, 11) is 0. The molecular formula is C19H28IN5. The van der Waals surface area contributed by atoms with E-state index in [9.17, 15) is 0 Å². The highest BCUT2D eigenvalue weighted by atomic mass is 127. The normalized spacial score (nSPS) is 15.8. The van der Waals surface area contributed by atoms with Gasteiger partial charge in [-0.2, -0.15) is 5.10 Å². The molecule has 2 heterocycles. The maximum atomic E-state index is 4.83. The van der Waals surface area contributed by atoms with Gasteiger partial charge >= 0.3 is 0 Å². The van der Waals surface area contributed by atoms with Crippen LogP contribution in [0.2, 0.25) is 0 Å². The van der Waals surface area contributed by atoms with Crippen molar-refractivity contribution in [3.05, 3.63) is 48.3 Å². The van der Waals surface area contributed by atoms with Gasteiger partial charge < -0.3 is 10.2 Å². The average Bonchev–Trinajstić information content (AvgIpc) is 3.14. The number of piperidine rings is 1. The minimum atomic E-state index is 0. The Hall–Kier alpha value is -1.57. The zero-order valence-corrected chi connectivity index (χ0v) is 17.4. The zero-order chi connectivity index (χ0) is 16.8. The lowest BCUT2D eigenvalue weighted by molar-refractivity contribution is 0.273. The molecule has 25 heavy (non-hydrogen) atoms. The Balaban J connectivity index is 0.00000225. The Kier molecular flexibility index (Phi) is 7.74. The number of rotatable bonds is 4. The standard InChI is InChI=1S/C19H27N5.HI/c1-3-20-19(23-13-9-16(2)10-14-23)21-15-17-5-7-18(8-6-17)24-12-4-11-22-24;/h4-8,11-12,16H,3,9-10,13-15H2,1-2H3,(H,20,21);1H. The molecule has 1 aromatic carbocycles. The van der Waals surface area contributed by atoms with Gasteiger partial charge in [0.05, 0.1) is 12.2 Å². The lowest BCUT2D eigenvalue weighted by atomic mass is 10.00. The molecule has 1 N–H and O–H groups in total. The molecule has 0 radical (unpaired) electrons. The van der Waals surface area contributed by atoms with Crippen LogP contribution >= 0.6 is 24.0 Å². The van der Waals surface area contributed by atoms with Crippen molar-refractivity contribution in [3.8, 4) is 5.69 Å². The summed E-state index contributed by atoms with van der Waals surface area (Å²) < 4.78 is 1.87. The van der Waals surface area contributed by atoms with Crippen LogP contribution in [0.3, 0.4) is 0 Å². The second kappa shape index (κ2) is 9.79. The predicted octanol–water partition coefficient (Wildman–Crippen LogP) is 3.69. The lowest BCUT2D eigenvalue weighted by Crippen LogP contribution is -2.45. The van der Waals surface area contributed by atoms with Gasteiger partial charge in [0.15, 0.2) is 5.96 Å². The molecule has 0 saturated carbocycles. The van der Waals surface area contributed by atoms with Crippen molar-refractivity contribution in [2.45, 2.75) is 33.2 Å². The SMILES string of the molecule is CCNC(=NCc1ccc(-n2cccn2)cc1)N1CCC(C)CC1.I. The van der Waals surface area contributed by atoms with Crippen LogP contribution in [0.15, 0.2) is 47.7 Å². The van der Waals surface area contributed by atoms with E-state index in [-0.39, 0.29) is 24.0 Å². The predicted molar refractivity (Wildman–Crippen MR) is 114 cm³/mol. The second-order valence-corrected chi connectivity index (χ2v) is 6.46. The van der Waals surface area contributed by atoms with Crippen molar-refractivity contribution in [1.29, 1.82) is 0 Å². The third-order valence-electron chi connectivity index (χ3n) is 4.53. The summed E-state index contributed by atoms with van der Waals surface area (Å²) in [5.74, 6) is 1.87. The van der Waals surface area contributed by atoms with E-state index in [4.69, 9.17) is 4.99 Å². The third kappa shape index (κ3) is 5.45. The monoisotopic (exact) mass is 453 g/mol. The first-order valence-corrected chi connectivity index (χ1v) is 8.88. The van der Waals surface area contributed by atoms with Crippen molar-refractivity contribution < 1.29 is 0 Å². The van der Waals surface area contributed by atoms with Gasteiger partial charge in [-0.15, -0.1) is 24.0 Å². The fraction of sp³-hybridized carbons (Fsp3) is 0.474. The molecule has 1 fully saturated rings. The summed E-state index contributed by atoms with van der Waals surface area (Å²) in [5.41, 5.74) is 2.29. The first-order valence-electron chi connectivity index (χ1n) is 8.88. The van der Waals surface area contributed by atoms with Crippen LogP contribution in [0, 0.1) is 5.92 Å². The Morgan fingerprint density at radius 3 is 2.56 bits per heavy atom. The van der Waals surface area contributed by atoms with E-state index in [0.29, 0.717) is 6.54 Å². The molecule has 2 aromatic rings. The third-order valence-corrected chi connectivity index (χ3v) is 4.53. The number of likely N-dealkylation sites (tertiary alicyclic amines) is 1. The number of guanidine groups is 1. The van der Waals surface area contributed by atoms with Crippen LogP contribution in [-0.4, -0.2) is 40.3 Å². The van der Waals surface area contributed by atoms with Gasteiger partial charge in [-0.25, -0.2) is 9.67 Å². The largest absolute Gasteiger partial charge is 0.357 e. The summed E-state index contributed by atoms with van der Waals surface area (Å²) in [5, 5.41) is 7.69. The number of nitrogens with zero attached hydrogens (tertiary/aromatic N) is 4. The topological polar surface area (TPSA) is 45.5 Å². The Bertz CT molecular complexity index is 643. The van der Waals surface area contributed by atoms with Gasteiger partial charge in [-0.1, -0.05) is 19.1 Å². The fourth-order valence-corrected chi connectivity index (χ4v) is 2.99. The molecule has 6 heteroatoms. The molecule has 3 rings (SSSR count). The van der Waals surface area contributed by atoms with Gasteiger partial charge in [-0.3, -0.25) is 0 Å². The quantitative estimate of drug-likeness (QED) is 0.437. The second-order valence-electron chi connectivity index (χ2n) is 6.46. The Labute approximate surface area is 167 Å². The van der Waals surface area contributed by atoms with Crippen molar-refractivity contribution in [3.63, 3.8) is 0 Å². The minimum absolute atomic E-state index is 0. The van der Waals surface area contributed by atoms with Crippen LogP contribution in [0.4, 0.5) is 0 Å². The highest BCUT2D eigenvalue weighted by Crippen LogP contribution is 2.16. The molecule has 1 aliphatic heterocycles. The lowest BCUT2D eigenvalue weighted by Gasteiger charge is -2.33. The number of hydrogen-bond donors (Lipinski definition) is 1. The molecule has 0 atom stereocenters. The highest BCUT2D eigenvalue weighted by molar-refractivity contribution is 14.0. The maximum absolute atomic E-state index is 4.83. The van der Waals surface area contributed by atoms with E-state index >= 15 is 0 Å². The Morgan fingerprint density at radius 2 is 1.96 bits per heavy atom. The summed E-state index contributed by atoms with van der Waals surface area (Å²) in [4.78, 5) is 7.22. The van der Waals surface area contributed by atoms with E-state index in [0.717, 1.165) is 37.2 Å². The number of nitrogens with one attached hydrogen (secondary N) is 1. The molecule has 0 amide bonds. The molecule has 5 nitrogen and oxygen atoms in total. The number of aromatic nitrogens is 2. The number of benzene rings is 1. The smallest absolute Gasteiger partial charge is 0.194 e. The van der Waals surface area contributed by atoms with Crippen molar-refractivity contribution in [1.82, 2.24) is 20.0 Å². The van der Waals surface area contributed by atoms with Gasteiger partial charge in [0.2, 0.25) is 0 Å². The average molecular weight is 453 g/mol. The van der Waals surface area contributed by atoms with E-state index < -0.39 is 0 Å². The molecule has 1 aromatic heterocycles. The van der Waals surface area contributed by atoms with E-state index in [2.05, 4.69) is 53.4 Å². The van der Waals surface area contributed by atoms with E-state index in [1.54, 1.807) is 6.20 Å². The highest BCUT2D eigenvalue weighted by Gasteiger charge is 2.18. The van der Waals surface area contributed by atoms with Crippen molar-refractivity contribution >= 4 is 29.9 Å². The maximum Gasteiger partial charge on any atom is 0.194 e. The molecule has 136 valence electrons. The zero-order valence-electron chi connectivity index (χ0n) is 15.1. The van der Waals surface area contributed by atoms with E-state index in [1.165, 1.54) is 18.4 Å². The van der Waals surface area contributed by atoms with E-state index in [1.807, 2.05) is 16.9 Å². The first-order chi connectivity index (χ1) is 11.8. The van der Waals surface area contributed by atoms with Gasteiger partial charge in [0.25, 0.3) is 0 Å². The molecule has 0 bridgehead atoms. The minimum Gasteiger partial charge on any atom is -0.357 e. The summed E-state index contributed by atoms with van der Waals surface area (Å²) >= 11 is 0. The first kappa shape index (κ1) is 19.8. The van der Waals surface area contributed by atoms with Crippen LogP contribution in [-0.2, 0) is 6.54 Å². The van der Waals surface area contributed by atoms with Gasteiger partial charge in [0, 0.05) is 32.0 Å². The van der Waals surface area contributed by atoms with Crippen molar-refractivity contribution in [2.24, 2.45) is 10.9 Å². The summed E-state index contributed by atoms with van der Waals surface area (Å²) in [6.45, 7) is 8.27. The van der Waals surface area contributed by atoms with Gasteiger partial charge in [0.1, 0.15) is 0 Å². The van der Waals surface area contributed by atoms with Crippen LogP contribution in [0.25, 0.3) is 5.69 Å².